The second-order valence-electron chi connectivity index (χ2n) is 10.6. The molecule has 0 aromatic heterocycles. The molecule has 164 valence electrons. The highest BCUT2D eigenvalue weighted by Gasteiger charge is 2.47. The van der Waals surface area contributed by atoms with Crippen LogP contribution in [-0.4, -0.2) is 25.7 Å². The van der Waals surface area contributed by atoms with Crippen molar-refractivity contribution >= 4 is 0 Å². The van der Waals surface area contributed by atoms with Crippen LogP contribution in [0.3, 0.4) is 0 Å². The molecule has 4 aliphatic rings. The molecular formula is C27H46N2. The van der Waals surface area contributed by atoms with Crippen molar-refractivity contribution in [3.8, 4) is 0 Å². The monoisotopic (exact) mass is 398 g/mol. The van der Waals surface area contributed by atoms with Crippen molar-refractivity contribution in [1.82, 2.24) is 10.6 Å². The van der Waals surface area contributed by atoms with Gasteiger partial charge >= 0.3 is 0 Å². The molecule has 0 aromatic rings. The highest BCUT2D eigenvalue weighted by Crippen LogP contribution is 2.53. The average molecular weight is 399 g/mol. The maximum atomic E-state index is 3.93. The summed E-state index contributed by atoms with van der Waals surface area (Å²) in [5.41, 5.74) is 4.47. The molecule has 4 fully saturated rings. The van der Waals surface area contributed by atoms with E-state index in [4.69, 9.17) is 0 Å². The van der Waals surface area contributed by atoms with Gasteiger partial charge in [-0.1, -0.05) is 34.9 Å². The molecule has 0 spiro atoms. The predicted octanol–water partition coefficient (Wildman–Crippen LogP) is 6.41. The van der Waals surface area contributed by atoms with Crippen molar-refractivity contribution in [3.63, 3.8) is 0 Å². The molecule has 4 aliphatic carbocycles. The second-order valence-corrected chi connectivity index (χ2v) is 10.6. The SMILES string of the molecule is CC(C)=CCC/C(C)=C\CC/C(C)=C/CNCCNC1C2CC3CC(C2)CC1C3. The van der Waals surface area contributed by atoms with Crippen LogP contribution < -0.4 is 10.6 Å². The molecule has 2 nitrogen and oxygen atoms in total. The highest BCUT2D eigenvalue weighted by molar-refractivity contribution is 5.06. The van der Waals surface area contributed by atoms with Gasteiger partial charge in [0.15, 0.2) is 0 Å². The van der Waals surface area contributed by atoms with Crippen LogP contribution in [0.4, 0.5) is 0 Å². The van der Waals surface area contributed by atoms with Crippen molar-refractivity contribution in [2.75, 3.05) is 19.6 Å². The quantitative estimate of drug-likeness (QED) is 0.293. The molecule has 0 aromatic carbocycles. The van der Waals surface area contributed by atoms with Crippen LogP contribution in [0.2, 0.25) is 0 Å². The molecule has 2 N–H and O–H groups in total. The van der Waals surface area contributed by atoms with Crippen molar-refractivity contribution in [2.45, 2.75) is 91.5 Å². The van der Waals surface area contributed by atoms with Crippen LogP contribution in [0.5, 0.6) is 0 Å². The van der Waals surface area contributed by atoms with E-state index in [2.05, 4.69) is 56.6 Å². The maximum absolute atomic E-state index is 3.93. The standard InChI is InChI=1S/C27H46N2/c1-20(2)7-5-8-21(3)9-6-10-22(4)11-12-28-13-14-29-27-25-16-23-15-24(18-25)19-26(27)17-23/h7,9,11,23-29H,5-6,8,10,12-19H2,1-4H3/b21-9-,22-11+. The lowest BCUT2D eigenvalue weighted by Crippen LogP contribution is -2.55. The van der Waals surface area contributed by atoms with Crippen molar-refractivity contribution in [2.24, 2.45) is 23.7 Å². The Labute approximate surface area is 180 Å². The first-order valence-electron chi connectivity index (χ1n) is 12.4. The summed E-state index contributed by atoms with van der Waals surface area (Å²) < 4.78 is 0. The van der Waals surface area contributed by atoms with E-state index < -0.39 is 0 Å². The van der Waals surface area contributed by atoms with E-state index in [1.165, 1.54) is 68.1 Å². The first-order chi connectivity index (χ1) is 14.0. The smallest absolute Gasteiger partial charge is 0.0137 e. The van der Waals surface area contributed by atoms with Gasteiger partial charge in [0, 0.05) is 25.7 Å². The van der Waals surface area contributed by atoms with Gasteiger partial charge in [-0.2, -0.15) is 0 Å². The van der Waals surface area contributed by atoms with Crippen LogP contribution in [0, 0.1) is 23.7 Å². The van der Waals surface area contributed by atoms with E-state index >= 15 is 0 Å². The van der Waals surface area contributed by atoms with Crippen LogP contribution >= 0.6 is 0 Å². The fourth-order valence-electron chi connectivity index (χ4n) is 6.27. The van der Waals surface area contributed by atoms with Gasteiger partial charge in [0.05, 0.1) is 0 Å². The largest absolute Gasteiger partial charge is 0.312 e. The zero-order valence-electron chi connectivity index (χ0n) is 19.6. The molecule has 4 saturated carbocycles. The first kappa shape index (κ1) is 22.8. The third kappa shape index (κ3) is 7.40. The van der Waals surface area contributed by atoms with Crippen molar-refractivity contribution < 1.29 is 0 Å². The van der Waals surface area contributed by atoms with Gasteiger partial charge in [-0.3, -0.25) is 0 Å². The maximum Gasteiger partial charge on any atom is 0.0137 e. The Morgan fingerprint density at radius 1 is 0.724 bits per heavy atom. The number of hydrogen-bond donors (Lipinski definition) is 2. The summed E-state index contributed by atoms with van der Waals surface area (Å²) in [5, 5.41) is 7.54. The van der Waals surface area contributed by atoms with E-state index in [0.29, 0.717) is 0 Å². The average Bonchev–Trinajstić information content (AvgIpc) is 2.65. The molecule has 0 radical (unpaired) electrons. The van der Waals surface area contributed by atoms with Gasteiger partial charge in [0.1, 0.15) is 0 Å². The minimum Gasteiger partial charge on any atom is -0.312 e. The van der Waals surface area contributed by atoms with Crippen LogP contribution in [-0.2, 0) is 0 Å². The minimum atomic E-state index is 0.827. The van der Waals surface area contributed by atoms with Crippen LogP contribution in [0.15, 0.2) is 34.9 Å². The van der Waals surface area contributed by atoms with Gasteiger partial charge < -0.3 is 10.6 Å². The molecule has 0 heterocycles. The Morgan fingerprint density at radius 3 is 1.93 bits per heavy atom. The second kappa shape index (κ2) is 11.5. The van der Waals surface area contributed by atoms with Crippen LogP contribution in [0.25, 0.3) is 0 Å². The molecule has 29 heavy (non-hydrogen) atoms. The molecule has 4 bridgehead atoms. The van der Waals surface area contributed by atoms with Gasteiger partial charge in [0.25, 0.3) is 0 Å². The summed E-state index contributed by atoms with van der Waals surface area (Å²) in [4.78, 5) is 0. The Kier molecular flexibility index (Phi) is 9.06. The first-order valence-corrected chi connectivity index (χ1v) is 12.4. The molecule has 4 rings (SSSR count). The molecular weight excluding hydrogens is 352 g/mol. The van der Waals surface area contributed by atoms with E-state index in [-0.39, 0.29) is 0 Å². The summed E-state index contributed by atoms with van der Waals surface area (Å²) in [5.74, 6) is 4.15. The summed E-state index contributed by atoms with van der Waals surface area (Å²) >= 11 is 0. The zero-order chi connectivity index (χ0) is 20.6. The van der Waals surface area contributed by atoms with Crippen LogP contribution in [0.1, 0.15) is 85.5 Å². The fourth-order valence-corrected chi connectivity index (χ4v) is 6.27. The molecule has 0 amide bonds. The summed E-state index contributed by atoms with van der Waals surface area (Å²) in [6.07, 6.45) is 19.5. The lowest BCUT2D eigenvalue weighted by Gasteiger charge is -2.54. The van der Waals surface area contributed by atoms with Crippen molar-refractivity contribution in [3.05, 3.63) is 34.9 Å². The van der Waals surface area contributed by atoms with Crippen molar-refractivity contribution in [1.29, 1.82) is 0 Å². The fraction of sp³-hybridized carbons (Fsp3) is 0.778. The Hall–Kier alpha value is -0.860. The molecule has 0 atom stereocenters. The van der Waals surface area contributed by atoms with Gasteiger partial charge in [0.2, 0.25) is 0 Å². The number of rotatable bonds is 12. The third-order valence-corrected chi connectivity index (χ3v) is 7.63. The lowest BCUT2D eigenvalue weighted by atomic mass is 9.54. The summed E-state index contributed by atoms with van der Waals surface area (Å²) in [6.45, 7) is 12.2. The lowest BCUT2D eigenvalue weighted by molar-refractivity contribution is -0.0133. The van der Waals surface area contributed by atoms with E-state index in [9.17, 15) is 0 Å². The Bertz CT molecular complexity index is 566. The van der Waals surface area contributed by atoms with E-state index in [0.717, 1.165) is 49.3 Å². The van der Waals surface area contributed by atoms with Gasteiger partial charge in [-0.25, -0.2) is 0 Å². The normalized spacial score (nSPS) is 31.4. The third-order valence-electron chi connectivity index (χ3n) is 7.63. The summed E-state index contributed by atoms with van der Waals surface area (Å²) in [7, 11) is 0. The number of allylic oxidation sites excluding steroid dienone is 5. The topological polar surface area (TPSA) is 24.1 Å². The molecule has 0 unspecified atom stereocenters. The highest BCUT2D eigenvalue weighted by atomic mass is 15.0. The number of nitrogens with one attached hydrogen (secondary N) is 2. The Balaban J connectivity index is 1.23. The molecule has 0 saturated heterocycles. The Morgan fingerprint density at radius 2 is 1.31 bits per heavy atom. The molecule has 2 heteroatoms. The zero-order valence-corrected chi connectivity index (χ0v) is 19.6. The van der Waals surface area contributed by atoms with E-state index in [1.807, 2.05) is 0 Å². The molecule has 0 aliphatic heterocycles. The van der Waals surface area contributed by atoms with Gasteiger partial charge in [-0.05, 0) is 109 Å². The minimum absolute atomic E-state index is 0.827. The summed E-state index contributed by atoms with van der Waals surface area (Å²) in [6, 6.07) is 0.827. The van der Waals surface area contributed by atoms with E-state index in [1.54, 1.807) is 6.42 Å². The predicted molar refractivity (Wildman–Crippen MR) is 127 cm³/mol. The van der Waals surface area contributed by atoms with Gasteiger partial charge in [-0.15, -0.1) is 0 Å². The number of hydrogen-bond acceptors (Lipinski definition) is 2.